The summed E-state index contributed by atoms with van der Waals surface area (Å²) in [5.74, 6) is 3.31. The van der Waals surface area contributed by atoms with E-state index in [1.165, 1.54) is 0 Å². The van der Waals surface area contributed by atoms with Gasteiger partial charge in [0, 0.05) is 26.1 Å². The van der Waals surface area contributed by atoms with Gasteiger partial charge in [0.1, 0.15) is 5.75 Å². The summed E-state index contributed by atoms with van der Waals surface area (Å²) >= 11 is 0. The quantitative estimate of drug-likeness (QED) is 0.574. The summed E-state index contributed by atoms with van der Waals surface area (Å²) in [5.41, 5.74) is 0.658. The van der Waals surface area contributed by atoms with Gasteiger partial charge in [-0.05, 0) is 30.7 Å². The Balaban J connectivity index is 2.51. The fourth-order valence-corrected chi connectivity index (χ4v) is 1.32. The van der Waals surface area contributed by atoms with E-state index in [1.54, 1.807) is 43.3 Å². The highest BCUT2D eigenvalue weighted by Crippen LogP contribution is 2.13. The van der Waals surface area contributed by atoms with Crippen LogP contribution in [0.2, 0.25) is 0 Å². The van der Waals surface area contributed by atoms with Crippen molar-refractivity contribution in [1.82, 2.24) is 4.90 Å². The number of carbonyl (C=O) groups excluding carboxylic acids is 1. The number of rotatable bonds is 5. The minimum absolute atomic E-state index is 0.0103. The molecule has 1 aromatic carbocycles. The number of unbranched alkanes of at least 4 members (excludes halogenated alkanes) is 1. The summed E-state index contributed by atoms with van der Waals surface area (Å²) in [5, 5.41) is 0. The third kappa shape index (κ3) is 4.20. The average Bonchev–Trinajstić information content (AvgIpc) is 2.34. The second kappa shape index (κ2) is 6.59. The van der Waals surface area contributed by atoms with Crippen LogP contribution in [-0.4, -0.2) is 31.5 Å². The molecule has 0 aliphatic rings. The number of ether oxygens (including phenoxy) is 1. The van der Waals surface area contributed by atoms with Crippen LogP contribution in [0.3, 0.4) is 0 Å². The average molecular weight is 231 g/mol. The minimum atomic E-state index is -0.0103. The number of amides is 1. The topological polar surface area (TPSA) is 29.5 Å². The van der Waals surface area contributed by atoms with Crippen LogP contribution in [0.1, 0.15) is 23.2 Å². The zero-order valence-electron chi connectivity index (χ0n) is 10.3. The lowest BCUT2D eigenvalue weighted by Gasteiger charge is -2.10. The number of nitrogens with zero attached hydrogens (tertiary/aromatic N) is 1. The standard InChI is InChI=1S/C14H17NO2/c1-4-5-6-11-17-13-9-7-12(8-10-13)14(16)15(2)3/h1,7-10H,5-6,11H2,2-3H3. The summed E-state index contributed by atoms with van der Waals surface area (Å²) < 4.78 is 5.48. The Morgan fingerprint density at radius 2 is 2.00 bits per heavy atom. The summed E-state index contributed by atoms with van der Waals surface area (Å²) in [6.45, 7) is 0.602. The van der Waals surface area contributed by atoms with Gasteiger partial charge in [-0.15, -0.1) is 12.3 Å². The second-order valence-corrected chi connectivity index (χ2v) is 3.88. The van der Waals surface area contributed by atoms with Crippen LogP contribution in [0.4, 0.5) is 0 Å². The van der Waals surface area contributed by atoms with E-state index in [2.05, 4.69) is 5.92 Å². The van der Waals surface area contributed by atoms with Gasteiger partial charge >= 0.3 is 0 Å². The third-order valence-electron chi connectivity index (χ3n) is 2.24. The third-order valence-corrected chi connectivity index (χ3v) is 2.24. The van der Waals surface area contributed by atoms with Gasteiger partial charge in [-0.1, -0.05) is 0 Å². The Bertz CT molecular complexity index is 401. The summed E-state index contributed by atoms with van der Waals surface area (Å²) in [6.07, 6.45) is 6.70. The van der Waals surface area contributed by atoms with Crippen LogP contribution >= 0.6 is 0 Å². The normalized spacial score (nSPS) is 9.47. The van der Waals surface area contributed by atoms with Crippen molar-refractivity contribution in [2.45, 2.75) is 12.8 Å². The summed E-state index contributed by atoms with van der Waals surface area (Å²) in [4.78, 5) is 13.2. The smallest absolute Gasteiger partial charge is 0.253 e. The maximum atomic E-state index is 11.6. The number of hydrogen-bond acceptors (Lipinski definition) is 2. The van der Waals surface area contributed by atoms with Crippen molar-refractivity contribution in [3.05, 3.63) is 29.8 Å². The molecule has 0 atom stereocenters. The Hall–Kier alpha value is -1.95. The van der Waals surface area contributed by atoms with Crippen LogP contribution < -0.4 is 4.74 Å². The first-order valence-electron chi connectivity index (χ1n) is 5.53. The highest BCUT2D eigenvalue weighted by molar-refractivity contribution is 5.93. The molecule has 0 fully saturated rings. The molecule has 3 nitrogen and oxygen atoms in total. The van der Waals surface area contributed by atoms with E-state index >= 15 is 0 Å². The van der Waals surface area contributed by atoms with Gasteiger partial charge in [-0.3, -0.25) is 4.79 Å². The fraction of sp³-hybridized carbons (Fsp3) is 0.357. The molecule has 0 spiro atoms. The van der Waals surface area contributed by atoms with Crippen molar-refractivity contribution in [2.24, 2.45) is 0 Å². The lowest BCUT2D eigenvalue weighted by Crippen LogP contribution is -2.21. The molecule has 0 aliphatic carbocycles. The molecule has 0 aromatic heterocycles. The van der Waals surface area contributed by atoms with Gasteiger partial charge in [-0.2, -0.15) is 0 Å². The zero-order valence-corrected chi connectivity index (χ0v) is 10.3. The molecule has 0 bridgehead atoms. The van der Waals surface area contributed by atoms with Crippen molar-refractivity contribution in [3.8, 4) is 18.1 Å². The molecule has 90 valence electrons. The molecule has 0 N–H and O–H groups in total. The molecule has 0 radical (unpaired) electrons. The van der Waals surface area contributed by atoms with Crippen LogP contribution in [-0.2, 0) is 0 Å². The predicted octanol–water partition coefficient (Wildman–Crippen LogP) is 2.18. The lowest BCUT2D eigenvalue weighted by molar-refractivity contribution is 0.0827. The van der Waals surface area contributed by atoms with Crippen molar-refractivity contribution in [1.29, 1.82) is 0 Å². The number of benzene rings is 1. The Kier molecular flexibility index (Phi) is 5.09. The SMILES string of the molecule is C#CCCCOc1ccc(C(=O)N(C)C)cc1. The first kappa shape index (κ1) is 13.1. The predicted molar refractivity (Wildman–Crippen MR) is 68.0 cm³/mol. The molecule has 0 saturated heterocycles. The van der Waals surface area contributed by atoms with E-state index in [1.807, 2.05) is 0 Å². The Morgan fingerprint density at radius 3 is 2.53 bits per heavy atom. The Labute approximate surface area is 102 Å². The maximum absolute atomic E-state index is 11.6. The van der Waals surface area contributed by atoms with E-state index in [-0.39, 0.29) is 5.91 Å². The van der Waals surface area contributed by atoms with E-state index < -0.39 is 0 Å². The van der Waals surface area contributed by atoms with Gasteiger partial charge in [0.15, 0.2) is 0 Å². The van der Waals surface area contributed by atoms with Crippen molar-refractivity contribution < 1.29 is 9.53 Å². The summed E-state index contributed by atoms with van der Waals surface area (Å²) in [6, 6.07) is 7.12. The molecule has 1 aromatic rings. The largest absolute Gasteiger partial charge is 0.494 e. The molecular weight excluding hydrogens is 214 g/mol. The fourth-order valence-electron chi connectivity index (χ4n) is 1.32. The van der Waals surface area contributed by atoms with Crippen molar-refractivity contribution in [2.75, 3.05) is 20.7 Å². The molecular formula is C14H17NO2. The van der Waals surface area contributed by atoms with Crippen LogP contribution in [0.15, 0.2) is 24.3 Å². The Morgan fingerprint density at radius 1 is 1.35 bits per heavy atom. The molecule has 3 heteroatoms. The van der Waals surface area contributed by atoms with Crippen LogP contribution in [0, 0.1) is 12.3 Å². The molecule has 0 saturated carbocycles. The lowest BCUT2D eigenvalue weighted by atomic mass is 10.2. The second-order valence-electron chi connectivity index (χ2n) is 3.88. The maximum Gasteiger partial charge on any atom is 0.253 e. The number of terminal acetylenes is 1. The highest BCUT2D eigenvalue weighted by Gasteiger charge is 2.07. The summed E-state index contributed by atoms with van der Waals surface area (Å²) in [7, 11) is 3.46. The van der Waals surface area contributed by atoms with Crippen LogP contribution in [0.25, 0.3) is 0 Å². The first-order chi connectivity index (χ1) is 8.15. The number of hydrogen-bond donors (Lipinski definition) is 0. The molecule has 0 heterocycles. The van der Waals surface area contributed by atoms with E-state index in [0.717, 1.165) is 18.6 Å². The zero-order chi connectivity index (χ0) is 12.7. The van der Waals surface area contributed by atoms with E-state index in [0.29, 0.717) is 12.2 Å². The van der Waals surface area contributed by atoms with Crippen LogP contribution in [0.5, 0.6) is 5.75 Å². The van der Waals surface area contributed by atoms with Crippen molar-refractivity contribution in [3.63, 3.8) is 0 Å². The van der Waals surface area contributed by atoms with E-state index in [4.69, 9.17) is 11.2 Å². The van der Waals surface area contributed by atoms with Gasteiger partial charge in [0.05, 0.1) is 6.61 Å². The first-order valence-corrected chi connectivity index (χ1v) is 5.53. The molecule has 17 heavy (non-hydrogen) atoms. The van der Waals surface area contributed by atoms with Crippen molar-refractivity contribution >= 4 is 5.91 Å². The monoisotopic (exact) mass is 231 g/mol. The molecule has 0 aliphatic heterocycles. The molecule has 1 rings (SSSR count). The highest BCUT2D eigenvalue weighted by atomic mass is 16.5. The van der Waals surface area contributed by atoms with Gasteiger partial charge in [0.25, 0.3) is 5.91 Å². The van der Waals surface area contributed by atoms with Gasteiger partial charge in [0.2, 0.25) is 0 Å². The minimum Gasteiger partial charge on any atom is -0.494 e. The van der Waals surface area contributed by atoms with E-state index in [9.17, 15) is 4.79 Å². The van der Waals surface area contributed by atoms with Gasteiger partial charge < -0.3 is 9.64 Å². The van der Waals surface area contributed by atoms with Gasteiger partial charge in [-0.25, -0.2) is 0 Å². The molecule has 1 amide bonds. The molecule has 0 unspecified atom stereocenters. The number of carbonyl (C=O) groups is 1.